The molecule has 0 saturated heterocycles. The third-order valence-corrected chi connectivity index (χ3v) is 1.97. The molecule has 0 unspecified atom stereocenters. The predicted octanol–water partition coefficient (Wildman–Crippen LogP) is -0.553. The zero-order valence-corrected chi connectivity index (χ0v) is 13.6. The van der Waals surface area contributed by atoms with Gasteiger partial charge in [0.25, 0.3) is 0 Å². The summed E-state index contributed by atoms with van der Waals surface area (Å²) in [6.45, 7) is 9.81. The van der Waals surface area contributed by atoms with Crippen molar-refractivity contribution in [3.63, 3.8) is 0 Å². The van der Waals surface area contributed by atoms with Crippen molar-refractivity contribution in [2.75, 3.05) is 7.11 Å². The number of hydrogen-bond acceptors (Lipinski definition) is 6. The molecule has 0 aromatic carbocycles. The lowest BCUT2D eigenvalue weighted by Crippen LogP contribution is -2.31. The van der Waals surface area contributed by atoms with Crippen molar-refractivity contribution in [2.45, 2.75) is 32.7 Å². The van der Waals surface area contributed by atoms with Gasteiger partial charge in [0, 0.05) is 17.6 Å². The zero-order valence-electron chi connectivity index (χ0n) is 13.6. The Morgan fingerprint density at radius 3 is 1.61 bits per heavy atom. The van der Waals surface area contributed by atoms with Gasteiger partial charge in [-0.2, -0.15) is 0 Å². The van der Waals surface area contributed by atoms with Gasteiger partial charge < -0.3 is 27.0 Å². The van der Waals surface area contributed by atoms with Crippen LogP contribution in [0.3, 0.4) is 0 Å². The van der Waals surface area contributed by atoms with Gasteiger partial charge in [-0.3, -0.25) is 14.4 Å². The van der Waals surface area contributed by atoms with Crippen LogP contribution in [0.2, 0.25) is 0 Å². The first-order valence-corrected chi connectivity index (χ1v) is 6.32. The molecular weight excluding hydrogens is 306 g/mol. The van der Waals surface area contributed by atoms with E-state index in [9.17, 15) is 19.2 Å². The number of carboxylic acids is 1. The van der Waals surface area contributed by atoms with Gasteiger partial charge in [0.15, 0.2) is 0 Å². The topological polar surface area (TPSA) is 176 Å². The molecule has 9 heteroatoms. The number of nitrogens with two attached hydrogens (primary N) is 3. The highest BCUT2D eigenvalue weighted by atomic mass is 16.5. The van der Waals surface area contributed by atoms with Gasteiger partial charge in [-0.15, -0.1) is 0 Å². The van der Waals surface area contributed by atoms with Crippen LogP contribution in [0.15, 0.2) is 24.3 Å². The second-order valence-corrected chi connectivity index (χ2v) is 4.37. The molecule has 7 N–H and O–H groups in total. The van der Waals surface area contributed by atoms with Crippen LogP contribution in [0.4, 0.5) is 0 Å². The monoisotopic (exact) mass is 331 g/mol. The Balaban J connectivity index is -0.000000272. The minimum absolute atomic E-state index is 0.0213. The van der Waals surface area contributed by atoms with Crippen LogP contribution in [0.25, 0.3) is 0 Å². The van der Waals surface area contributed by atoms with Crippen molar-refractivity contribution in [1.29, 1.82) is 0 Å². The van der Waals surface area contributed by atoms with E-state index in [0.29, 0.717) is 11.1 Å². The van der Waals surface area contributed by atoms with E-state index in [1.807, 2.05) is 0 Å². The average Bonchev–Trinajstić information content (AvgIpc) is 2.44. The quantitative estimate of drug-likeness (QED) is 0.372. The molecule has 0 aromatic rings. The number of carboxylic acid groups (broad SMARTS) is 1. The normalized spacial score (nSPS) is 9.74. The van der Waals surface area contributed by atoms with Gasteiger partial charge in [0.05, 0.1) is 7.11 Å². The number of carbonyl (C=O) groups is 4. The third kappa shape index (κ3) is 21.8. The Labute approximate surface area is 135 Å². The summed E-state index contributed by atoms with van der Waals surface area (Å²) < 4.78 is 4.27. The van der Waals surface area contributed by atoms with Crippen LogP contribution < -0.4 is 17.2 Å². The van der Waals surface area contributed by atoms with E-state index < -0.39 is 23.8 Å². The lowest BCUT2D eigenvalue weighted by molar-refractivity contribution is -0.139. The average molecular weight is 331 g/mol. The predicted molar refractivity (Wildman–Crippen MR) is 84.9 cm³/mol. The lowest BCUT2D eigenvalue weighted by Gasteiger charge is -2.01. The molecule has 132 valence electrons. The minimum atomic E-state index is -1.11. The minimum Gasteiger partial charge on any atom is -0.480 e. The second-order valence-electron chi connectivity index (χ2n) is 4.37. The molecule has 0 fully saturated rings. The number of esters is 1. The first-order chi connectivity index (χ1) is 10.4. The van der Waals surface area contributed by atoms with E-state index in [0.717, 1.165) is 0 Å². The van der Waals surface area contributed by atoms with Crippen LogP contribution in [0.1, 0.15) is 26.7 Å². The van der Waals surface area contributed by atoms with Crippen LogP contribution in [-0.4, -0.2) is 42.0 Å². The highest BCUT2D eigenvalue weighted by molar-refractivity contribution is 5.90. The molecule has 2 amide bonds. The van der Waals surface area contributed by atoms with Crippen molar-refractivity contribution < 1.29 is 29.0 Å². The summed E-state index contributed by atoms with van der Waals surface area (Å²) in [6.07, 6.45) is 0.123. The smallest absolute Gasteiger partial charge is 0.332 e. The maximum Gasteiger partial charge on any atom is 0.332 e. The molecular formula is C14H25N3O6. The lowest BCUT2D eigenvalue weighted by atomic mass is 10.2. The van der Waals surface area contributed by atoms with Crippen molar-refractivity contribution >= 4 is 23.8 Å². The second kappa shape index (κ2) is 14.3. The Morgan fingerprint density at radius 1 is 1.09 bits per heavy atom. The number of rotatable bonds is 6. The van der Waals surface area contributed by atoms with Crippen LogP contribution >= 0.6 is 0 Å². The molecule has 9 nitrogen and oxygen atoms in total. The molecule has 0 bridgehead atoms. The molecule has 1 atom stereocenters. The van der Waals surface area contributed by atoms with Gasteiger partial charge in [-0.1, -0.05) is 13.2 Å². The van der Waals surface area contributed by atoms with Crippen LogP contribution in [0.5, 0.6) is 0 Å². The fourth-order valence-corrected chi connectivity index (χ4v) is 0.595. The molecule has 0 aliphatic heterocycles. The maximum absolute atomic E-state index is 10.2. The first kappa shape index (κ1) is 25.3. The summed E-state index contributed by atoms with van der Waals surface area (Å²) in [5.74, 6) is -2.42. The highest BCUT2D eigenvalue weighted by Crippen LogP contribution is 1.92. The summed E-state index contributed by atoms with van der Waals surface area (Å²) in [5.41, 5.74) is 15.3. The van der Waals surface area contributed by atoms with Crippen LogP contribution in [-0.2, 0) is 23.9 Å². The summed E-state index contributed by atoms with van der Waals surface area (Å²) >= 11 is 0. The third-order valence-electron chi connectivity index (χ3n) is 1.97. The van der Waals surface area contributed by atoms with E-state index in [1.165, 1.54) is 7.11 Å². The largest absolute Gasteiger partial charge is 0.480 e. The van der Waals surface area contributed by atoms with Crippen molar-refractivity contribution in [2.24, 2.45) is 17.2 Å². The number of primary amides is 2. The van der Waals surface area contributed by atoms with Crippen molar-refractivity contribution in [3.05, 3.63) is 24.3 Å². The SMILES string of the molecule is C=C(C)C(=O)OC.C=C(C)C(N)=O.NC(=O)CC[C@H](N)C(=O)O. The van der Waals surface area contributed by atoms with Gasteiger partial charge in [-0.05, 0) is 20.3 Å². The molecule has 0 radical (unpaired) electrons. The Bertz CT molecular complexity index is 447. The molecule has 0 spiro atoms. The Hall–Kier alpha value is -2.68. The number of amides is 2. The molecule has 0 saturated carbocycles. The van der Waals surface area contributed by atoms with Crippen molar-refractivity contribution in [3.8, 4) is 0 Å². The summed E-state index contributed by atoms with van der Waals surface area (Å²) in [7, 11) is 1.33. The number of hydrogen-bond donors (Lipinski definition) is 4. The summed E-state index contributed by atoms with van der Waals surface area (Å²) in [4.78, 5) is 40.1. The van der Waals surface area contributed by atoms with Gasteiger partial charge >= 0.3 is 11.9 Å². The Morgan fingerprint density at radius 2 is 1.48 bits per heavy atom. The van der Waals surface area contributed by atoms with E-state index >= 15 is 0 Å². The van der Waals surface area contributed by atoms with E-state index in [1.54, 1.807) is 13.8 Å². The molecule has 0 aliphatic rings. The standard InChI is InChI=1S/C5H10N2O3.C5H8O2.C4H7NO/c6-3(5(9)10)1-2-4(7)8;1-4(2)5(6)7-3;1-3(2)4(5)6/h3H,1-2,6H2,(H2,7,8)(H,9,10);1H2,2-3H3;1H2,2H3,(H2,5,6)/t3-;;/m0../s1. The van der Waals surface area contributed by atoms with E-state index in [2.05, 4.69) is 17.9 Å². The maximum atomic E-state index is 10.2. The molecule has 0 rings (SSSR count). The van der Waals surface area contributed by atoms with Crippen LogP contribution in [0, 0.1) is 0 Å². The molecule has 0 aliphatic carbocycles. The van der Waals surface area contributed by atoms with Gasteiger partial charge in [-0.25, -0.2) is 4.79 Å². The fraction of sp³-hybridized carbons (Fsp3) is 0.429. The van der Waals surface area contributed by atoms with Gasteiger partial charge in [0.2, 0.25) is 11.8 Å². The summed E-state index contributed by atoms with van der Waals surface area (Å²) in [5, 5.41) is 8.22. The number of carbonyl (C=O) groups excluding carboxylic acids is 3. The Kier molecular flexibility index (Phi) is 15.7. The summed E-state index contributed by atoms with van der Waals surface area (Å²) in [6, 6.07) is -0.979. The number of ether oxygens (including phenoxy) is 1. The molecule has 0 heterocycles. The van der Waals surface area contributed by atoms with Gasteiger partial charge in [0.1, 0.15) is 6.04 Å². The molecule has 23 heavy (non-hydrogen) atoms. The first-order valence-electron chi connectivity index (χ1n) is 6.32. The van der Waals surface area contributed by atoms with E-state index in [-0.39, 0.29) is 18.8 Å². The van der Waals surface area contributed by atoms with Crippen molar-refractivity contribution in [1.82, 2.24) is 0 Å². The zero-order chi connectivity index (χ0) is 19.2. The fourth-order valence-electron chi connectivity index (χ4n) is 0.595. The molecule has 0 aromatic heterocycles. The highest BCUT2D eigenvalue weighted by Gasteiger charge is 2.11. The number of methoxy groups -OCH3 is 1. The van der Waals surface area contributed by atoms with E-state index in [4.69, 9.17) is 22.3 Å². The number of aliphatic carboxylic acids is 1.